The van der Waals surface area contributed by atoms with Gasteiger partial charge in [0.05, 0.1) is 36.5 Å². The molecule has 7 nitrogen and oxygen atoms in total. The Morgan fingerprint density at radius 1 is 1.14 bits per heavy atom. The van der Waals surface area contributed by atoms with Crippen molar-refractivity contribution in [2.75, 3.05) is 19.8 Å². The Morgan fingerprint density at radius 3 is 2.39 bits per heavy atom. The molecule has 0 aromatic heterocycles. The van der Waals surface area contributed by atoms with E-state index in [1.54, 1.807) is 19.1 Å². The molecule has 2 amide bonds. The fourth-order valence-electron chi connectivity index (χ4n) is 3.03. The van der Waals surface area contributed by atoms with E-state index in [1.807, 2.05) is 27.7 Å². The van der Waals surface area contributed by atoms with Crippen molar-refractivity contribution >= 4 is 23.6 Å². The smallest absolute Gasteiger partial charge is 0.338 e. The predicted octanol–water partition coefficient (Wildman–Crippen LogP) is 3.96. The van der Waals surface area contributed by atoms with E-state index < -0.39 is 18.0 Å². The third-order valence-electron chi connectivity index (χ3n) is 4.13. The van der Waals surface area contributed by atoms with E-state index in [-0.39, 0.29) is 12.5 Å². The minimum Gasteiger partial charge on any atom is -0.490 e. The maximum atomic E-state index is 12.7. The molecule has 8 heteroatoms. The lowest BCUT2D eigenvalue weighted by Gasteiger charge is -2.31. The molecule has 2 rings (SSSR count). The molecule has 28 heavy (non-hydrogen) atoms. The molecular weight excluding hydrogens is 384 g/mol. The predicted molar refractivity (Wildman–Crippen MR) is 107 cm³/mol. The van der Waals surface area contributed by atoms with Gasteiger partial charge in [0.2, 0.25) is 0 Å². The Kier molecular flexibility index (Phi) is 7.57. The molecular formula is C20H27ClN2O5. The summed E-state index contributed by atoms with van der Waals surface area (Å²) in [5.74, 6) is 0.305. The number of halogens is 1. The number of carbonyl (C=O) groups excluding carboxylic acids is 2. The van der Waals surface area contributed by atoms with Crippen molar-refractivity contribution in [2.45, 2.75) is 40.7 Å². The van der Waals surface area contributed by atoms with Crippen LogP contribution in [0.2, 0.25) is 5.02 Å². The lowest BCUT2D eigenvalue weighted by Crippen LogP contribution is -2.47. The highest BCUT2D eigenvalue weighted by Gasteiger charge is 2.35. The van der Waals surface area contributed by atoms with Gasteiger partial charge >= 0.3 is 12.0 Å². The molecule has 0 bridgehead atoms. The first-order valence-corrected chi connectivity index (χ1v) is 9.79. The largest absolute Gasteiger partial charge is 0.490 e. The maximum absolute atomic E-state index is 12.7. The number of rotatable bonds is 8. The van der Waals surface area contributed by atoms with Gasteiger partial charge in [0.25, 0.3) is 0 Å². The molecule has 1 aliphatic heterocycles. The van der Waals surface area contributed by atoms with Gasteiger partial charge in [-0.15, -0.1) is 0 Å². The summed E-state index contributed by atoms with van der Waals surface area (Å²) in [6.45, 7) is 10.3. The van der Waals surface area contributed by atoms with E-state index in [0.29, 0.717) is 46.6 Å². The minimum absolute atomic E-state index is 0.0857. The van der Waals surface area contributed by atoms with Gasteiger partial charge in [-0.05, 0) is 44.4 Å². The van der Waals surface area contributed by atoms with E-state index in [4.69, 9.17) is 25.8 Å². The van der Waals surface area contributed by atoms with Gasteiger partial charge in [-0.2, -0.15) is 0 Å². The first kappa shape index (κ1) is 21.9. The van der Waals surface area contributed by atoms with Crippen LogP contribution in [0.15, 0.2) is 23.4 Å². The summed E-state index contributed by atoms with van der Waals surface area (Å²) in [4.78, 5) is 25.0. The zero-order valence-corrected chi connectivity index (χ0v) is 17.6. The first-order valence-electron chi connectivity index (χ1n) is 9.41. The summed E-state index contributed by atoms with van der Waals surface area (Å²) >= 11 is 6.43. The molecule has 2 N–H and O–H groups in total. The molecule has 1 aromatic rings. The van der Waals surface area contributed by atoms with Gasteiger partial charge in [-0.1, -0.05) is 25.4 Å². The number of carbonyl (C=O) groups is 2. The molecule has 1 aliphatic rings. The number of hydrogen-bond donors (Lipinski definition) is 2. The van der Waals surface area contributed by atoms with Crippen molar-refractivity contribution in [3.05, 3.63) is 34.0 Å². The van der Waals surface area contributed by atoms with Crippen LogP contribution in [0, 0.1) is 5.92 Å². The number of nitrogens with one attached hydrogen (secondary N) is 2. The van der Waals surface area contributed by atoms with E-state index in [1.165, 1.54) is 0 Å². The summed E-state index contributed by atoms with van der Waals surface area (Å²) in [6.07, 6.45) is 0. The van der Waals surface area contributed by atoms with Gasteiger partial charge in [0, 0.05) is 5.70 Å². The molecule has 0 saturated heterocycles. The third kappa shape index (κ3) is 4.70. The lowest BCUT2D eigenvalue weighted by atomic mass is 9.91. The lowest BCUT2D eigenvalue weighted by molar-refractivity contribution is -0.139. The van der Waals surface area contributed by atoms with Gasteiger partial charge in [-0.3, -0.25) is 0 Å². The number of amides is 2. The van der Waals surface area contributed by atoms with Crippen molar-refractivity contribution in [1.29, 1.82) is 0 Å². The van der Waals surface area contributed by atoms with E-state index >= 15 is 0 Å². The van der Waals surface area contributed by atoms with Crippen LogP contribution >= 0.6 is 11.6 Å². The molecule has 0 saturated carbocycles. The second kappa shape index (κ2) is 9.68. The normalized spacial score (nSPS) is 16.5. The first-order chi connectivity index (χ1) is 13.3. The zero-order chi connectivity index (χ0) is 20.8. The van der Waals surface area contributed by atoms with Crippen molar-refractivity contribution in [3.63, 3.8) is 0 Å². The van der Waals surface area contributed by atoms with Crippen LogP contribution < -0.4 is 20.1 Å². The third-order valence-corrected chi connectivity index (χ3v) is 4.41. The zero-order valence-electron chi connectivity index (χ0n) is 16.8. The highest BCUT2D eigenvalue weighted by atomic mass is 35.5. The number of urea groups is 1. The van der Waals surface area contributed by atoms with Crippen LogP contribution in [0.25, 0.3) is 0 Å². The van der Waals surface area contributed by atoms with Crippen LogP contribution in [0.1, 0.15) is 46.2 Å². The fourth-order valence-corrected chi connectivity index (χ4v) is 3.30. The number of allylic oxidation sites excluding steroid dienone is 1. The Bertz CT molecular complexity index is 776. The van der Waals surface area contributed by atoms with Crippen molar-refractivity contribution < 1.29 is 23.8 Å². The van der Waals surface area contributed by atoms with E-state index in [9.17, 15) is 9.59 Å². The minimum atomic E-state index is -0.724. The number of benzene rings is 1. The molecule has 154 valence electrons. The Balaban J connectivity index is 2.63. The topological polar surface area (TPSA) is 85.9 Å². The van der Waals surface area contributed by atoms with E-state index in [0.717, 1.165) is 0 Å². The van der Waals surface area contributed by atoms with Gasteiger partial charge in [0.1, 0.15) is 0 Å². The number of esters is 1. The van der Waals surface area contributed by atoms with Crippen molar-refractivity contribution in [1.82, 2.24) is 10.6 Å². The summed E-state index contributed by atoms with van der Waals surface area (Å²) < 4.78 is 16.5. The second-order valence-electron chi connectivity index (χ2n) is 6.43. The fraction of sp³-hybridized carbons (Fsp3) is 0.500. The van der Waals surface area contributed by atoms with Crippen LogP contribution in [0.4, 0.5) is 4.79 Å². The summed E-state index contributed by atoms with van der Waals surface area (Å²) in [6, 6.07) is 2.28. The summed E-state index contributed by atoms with van der Waals surface area (Å²) in [7, 11) is 0. The molecule has 1 heterocycles. The Morgan fingerprint density at radius 2 is 1.82 bits per heavy atom. The Labute approximate surface area is 170 Å². The van der Waals surface area contributed by atoms with Gasteiger partial charge in [-0.25, -0.2) is 9.59 Å². The highest BCUT2D eigenvalue weighted by Crippen LogP contribution is 2.40. The van der Waals surface area contributed by atoms with Crippen molar-refractivity contribution in [2.24, 2.45) is 5.92 Å². The molecule has 0 radical (unpaired) electrons. The monoisotopic (exact) mass is 410 g/mol. The average Bonchev–Trinajstić information content (AvgIpc) is 2.63. The number of hydrogen-bond acceptors (Lipinski definition) is 5. The maximum Gasteiger partial charge on any atom is 0.338 e. The SMILES string of the molecule is CCOC(=O)C1=C(C(C)C)NC(=O)NC1c1cc(Cl)c(OCC)c(OCC)c1. The van der Waals surface area contributed by atoms with E-state index in [2.05, 4.69) is 10.6 Å². The summed E-state index contributed by atoms with van der Waals surface area (Å²) in [5.41, 5.74) is 1.47. The molecule has 0 spiro atoms. The molecule has 0 fully saturated rings. The Hall–Kier alpha value is -2.41. The quantitative estimate of drug-likeness (QED) is 0.633. The molecule has 0 aliphatic carbocycles. The van der Waals surface area contributed by atoms with Gasteiger partial charge in [0.15, 0.2) is 11.5 Å². The second-order valence-corrected chi connectivity index (χ2v) is 6.84. The van der Waals surface area contributed by atoms with Crippen LogP contribution in [0.3, 0.4) is 0 Å². The van der Waals surface area contributed by atoms with Crippen LogP contribution in [0.5, 0.6) is 11.5 Å². The molecule has 1 atom stereocenters. The summed E-state index contributed by atoms with van der Waals surface area (Å²) in [5, 5.41) is 5.86. The van der Waals surface area contributed by atoms with Crippen LogP contribution in [-0.4, -0.2) is 31.8 Å². The van der Waals surface area contributed by atoms with Crippen LogP contribution in [-0.2, 0) is 9.53 Å². The molecule has 1 unspecified atom stereocenters. The highest BCUT2D eigenvalue weighted by molar-refractivity contribution is 6.32. The van der Waals surface area contributed by atoms with Gasteiger partial charge < -0.3 is 24.8 Å². The van der Waals surface area contributed by atoms with Crippen molar-refractivity contribution in [3.8, 4) is 11.5 Å². The molecule has 1 aromatic carbocycles. The average molecular weight is 411 g/mol. The standard InChI is InChI=1S/C20H27ClN2O5/c1-6-26-14-10-12(9-13(21)18(14)27-7-2)17-15(19(24)28-8-3)16(11(4)5)22-20(25)23-17/h9-11,17H,6-8H2,1-5H3,(H2,22,23,25). The number of ether oxygens (including phenoxy) is 3.